The van der Waals surface area contributed by atoms with Gasteiger partial charge in [0.15, 0.2) is 5.69 Å². The molecule has 1 aliphatic carbocycles. The molecule has 2 aliphatic rings. The number of oxazole rings is 1. The largest absolute Gasteiger partial charge is 0.440 e. The number of carbonyl (C=O) groups is 1. The molecular formula is C23H27N5O2. The fraction of sp³-hybridized carbons (Fsp3) is 0.478. The van der Waals surface area contributed by atoms with E-state index in [0.717, 1.165) is 42.8 Å². The molecule has 1 aliphatic heterocycles. The van der Waals surface area contributed by atoms with E-state index >= 15 is 0 Å². The van der Waals surface area contributed by atoms with Crippen molar-refractivity contribution in [1.82, 2.24) is 24.6 Å². The maximum Gasteiger partial charge on any atom is 0.276 e. The number of amides is 1. The van der Waals surface area contributed by atoms with E-state index in [0.29, 0.717) is 42.6 Å². The number of rotatable bonds is 5. The number of benzene rings is 1. The van der Waals surface area contributed by atoms with Crippen LogP contribution in [-0.2, 0) is 0 Å². The van der Waals surface area contributed by atoms with Gasteiger partial charge in [0.1, 0.15) is 17.9 Å². The molecule has 3 heterocycles. The van der Waals surface area contributed by atoms with Crippen molar-refractivity contribution in [3.05, 3.63) is 53.9 Å². The van der Waals surface area contributed by atoms with Crippen LogP contribution in [0.4, 0.5) is 0 Å². The monoisotopic (exact) mass is 405 g/mol. The Kier molecular flexibility index (Phi) is 4.89. The van der Waals surface area contributed by atoms with E-state index in [1.165, 1.54) is 0 Å². The van der Waals surface area contributed by atoms with Gasteiger partial charge in [0, 0.05) is 36.5 Å². The van der Waals surface area contributed by atoms with Gasteiger partial charge in [-0.15, -0.1) is 10.2 Å². The summed E-state index contributed by atoms with van der Waals surface area (Å²) in [6, 6.07) is 10.1. The summed E-state index contributed by atoms with van der Waals surface area (Å²) in [7, 11) is 0. The van der Waals surface area contributed by atoms with Crippen LogP contribution in [0.1, 0.15) is 79.5 Å². The molecule has 0 radical (unpaired) electrons. The predicted molar refractivity (Wildman–Crippen MR) is 112 cm³/mol. The Bertz CT molecular complexity index is 1030. The van der Waals surface area contributed by atoms with Crippen LogP contribution < -0.4 is 0 Å². The first kappa shape index (κ1) is 19.0. The number of aromatic nitrogens is 4. The van der Waals surface area contributed by atoms with Gasteiger partial charge in [-0.1, -0.05) is 18.2 Å². The Morgan fingerprint density at radius 1 is 1.07 bits per heavy atom. The minimum atomic E-state index is -0.00777. The zero-order valence-corrected chi connectivity index (χ0v) is 17.5. The quantitative estimate of drug-likeness (QED) is 0.628. The van der Waals surface area contributed by atoms with Gasteiger partial charge in [-0.05, 0) is 51.7 Å². The van der Waals surface area contributed by atoms with Crippen molar-refractivity contribution >= 4 is 5.91 Å². The summed E-state index contributed by atoms with van der Waals surface area (Å²) in [4.78, 5) is 19.9. The van der Waals surface area contributed by atoms with E-state index < -0.39 is 0 Å². The highest BCUT2D eigenvalue weighted by molar-refractivity contribution is 5.94. The molecule has 5 rings (SSSR count). The standard InChI is InChI=1S/C23H27N5O2/c1-15(2)28-14-24-26-21(28)17-10-12-27(13-11-17)23(29)19-20(16-8-9-16)30-22(25-19)18-6-4-3-5-7-18/h3-7,14-17H,8-13H2,1-2H3. The summed E-state index contributed by atoms with van der Waals surface area (Å²) in [5, 5.41) is 8.45. The summed E-state index contributed by atoms with van der Waals surface area (Å²) in [6.07, 6.45) is 5.71. The second-order valence-electron chi connectivity index (χ2n) is 8.63. The average molecular weight is 406 g/mol. The van der Waals surface area contributed by atoms with Crippen molar-refractivity contribution in [2.75, 3.05) is 13.1 Å². The predicted octanol–water partition coefficient (Wildman–Crippen LogP) is 4.41. The minimum Gasteiger partial charge on any atom is -0.440 e. The highest BCUT2D eigenvalue weighted by atomic mass is 16.4. The number of piperidine rings is 1. The van der Waals surface area contributed by atoms with Gasteiger partial charge in [-0.25, -0.2) is 4.98 Å². The lowest BCUT2D eigenvalue weighted by atomic mass is 9.95. The van der Waals surface area contributed by atoms with Crippen LogP contribution in [0.2, 0.25) is 0 Å². The van der Waals surface area contributed by atoms with Gasteiger partial charge in [0.05, 0.1) is 0 Å². The van der Waals surface area contributed by atoms with Gasteiger partial charge >= 0.3 is 0 Å². The molecule has 7 heteroatoms. The second-order valence-corrected chi connectivity index (χ2v) is 8.63. The Balaban J connectivity index is 1.33. The maximum atomic E-state index is 13.3. The summed E-state index contributed by atoms with van der Waals surface area (Å²) in [5.41, 5.74) is 1.41. The Morgan fingerprint density at radius 2 is 1.80 bits per heavy atom. The number of hydrogen-bond donors (Lipinski definition) is 0. The SMILES string of the molecule is CC(C)n1cnnc1C1CCN(C(=O)c2nc(-c3ccccc3)oc2C2CC2)CC1. The van der Waals surface area contributed by atoms with E-state index in [-0.39, 0.29) is 5.91 Å². The molecular weight excluding hydrogens is 378 g/mol. The van der Waals surface area contributed by atoms with Crippen LogP contribution in [0.15, 0.2) is 41.1 Å². The van der Waals surface area contributed by atoms with Crippen molar-refractivity contribution in [1.29, 1.82) is 0 Å². The summed E-state index contributed by atoms with van der Waals surface area (Å²) in [5.74, 6) is 2.99. The lowest BCUT2D eigenvalue weighted by Crippen LogP contribution is -2.39. The molecule has 0 atom stereocenters. The fourth-order valence-electron chi connectivity index (χ4n) is 4.24. The van der Waals surface area contributed by atoms with Gasteiger partial charge in [-0.3, -0.25) is 4.79 Å². The minimum absolute atomic E-state index is 0.00777. The van der Waals surface area contributed by atoms with Crippen molar-refractivity contribution in [3.63, 3.8) is 0 Å². The normalized spacial score (nSPS) is 17.6. The van der Waals surface area contributed by atoms with Crippen molar-refractivity contribution in [2.45, 2.75) is 57.4 Å². The molecule has 1 saturated carbocycles. The van der Waals surface area contributed by atoms with Crippen molar-refractivity contribution in [2.24, 2.45) is 0 Å². The average Bonchev–Trinajstić information content (AvgIpc) is 3.33. The third-order valence-electron chi connectivity index (χ3n) is 6.13. The van der Waals surface area contributed by atoms with E-state index in [2.05, 4.69) is 33.6 Å². The molecule has 1 aromatic carbocycles. The molecule has 3 aromatic rings. The van der Waals surface area contributed by atoms with Crippen LogP contribution in [0.25, 0.3) is 11.5 Å². The molecule has 0 bridgehead atoms. The smallest absolute Gasteiger partial charge is 0.276 e. The molecule has 0 unspecified atom stereocenters. The molecule has 2 aromatic heterocycles. The van der Waals surface area contributed by atoms with Crippen molar-refractivity contribution in [3.8, 4) is 11.5 Å². The summed E-state index contributed by atoms with van der Waals surface area (Å²) >= 11 is 0. The highest BCUT2D eigenvalue weighted by Gasteiger charge is 2.37. The first-order valence-electron chi connectivity index (χ1n) is 10.9. The highest BCUT2D eigenvalue weighted by Crippen LogP contribution is 2.43. The third-order valence-corrected chi connectivity index (χ3v) is 6.13. The number of likely N-dealkylation sites (tertiary alicyclic amines) is 1. The second kappa shape index (κ2) is 7.70. The van der Waals surface area contributed by atoms with E-state index in [1.807, 2.05) is 35.2 Å². The first-order chi connectivity index (χ1) is 14.6. The van der Waals surface area contributed by atoms with E-state index in [1.54, 1.807) is 6.33 Å². The topological polar surface area (TPSA) is 77.1 Å². The van der Waals surface area contributed by atoms with Crippen LogP contribution in [0.3, 0.4) is 0 Å². The Hall–Kier alpha value is -2.96. The number of carbonyl (C=O) groups excluding carboxylic acids is 1. The lowest BCUT2D eigenvalue weighted by Gasteiger charge is -2.31. The van der Waals surface area contributed by atoms with Crippen LogP contribution in [0.5, 0.6) is 0 Å². The molecule has 7 nitrogen and oxygen atoms in total. The molecule has 0 spiro atoms. The van der Waals surface area contributed by atoms with E-state index in [4.69, 9.17) is 4.42 Å². The molecule has 30 heavy (non-hydrogen) atoms. The van der Waals surface area contributed by atoms with Gasteiger partial charge < -0.3 is 13.9 Å². The van der Waals surface area contributed by atoms with E-state index in [9.17, 15) is 4.79 Å². The maximum absolute atomic E-state index is 13.3. The Labute approximate surface area is 176 Å². The van der Waals surface area contributed by atoms with Gasteiger partial charge in [0.2, 0.25) is 5.89 Å². The molecule has 1 amide bonds. The van der Waals surface area contributed by atoms with Gasteiger partial charge in [0.25, 0.3) is 5.91 Å². The van der Waals surface area contributed by atoms with Crippen LogP contribution in [0, 0.1) is 0 Å². The number of nitrogens with zero attached hydrogens (tertiary/aromatic N) is 5. The van der Waals surface area contributed by atoms with Crippen LogP contribution >= 0.6 is 0 Å². The Morgan fingerprint density at radius 3 is 2.47 bits per heavy atom. The number of hydrogen-bond acceptors (Lipinski definition) is 5. The summed E-state index contributed by atoms with van der Waals surface area (Å²) in [6.45, 7) is 5.68. The zero-order valence-electron chi connectivity index (χ0n) is 17.5. The molecule has 1 saturated heterocycles. The molecule has 156 valence electrons. The third kappa shape index (κ3) is 3.53. The van der Waals surface area contributed by atoms with Crippen molar-refractivity contribution < 1.29 is 9.21 Å². The first-order valence-corrected chi connectivity index (χ1v) is 10.9. The molecule has 2 fully saturated rings. The fourth-order valence-corrected chi connectivity index (χ4v) is 4.24. The zero-order chi connectivity index (χ0) is 20.7. The molecule has 0 N–H and O–H groups in total. The van der Waals surface area contributed by atoms with Crippen LogP contribution in [-0.4, -0.2) is 43.6 Å². The lowest BCUT2D eigenvalue weighted by molar-refractivity contribution is 0.0702. The van der Waals surface area contributed by atoms with Gasteiger partial charge in [-0.2, -0.15) is 0 Å². The summed E-state index contributed by atoms with van der Waals surface area (Å²) < 4.78 is 8.21.